The summed E-state index contributed by atoms with van der Waals surface area (Å²) in [6.45, 7) is 11.2. The van der Waals surface area contributed by atoms with Crippen molar-refractivity contribution in [3.05, 3.63) is 30.3 Å². The highest BCUT2D eigenvalue weighted by Gasteiger charge is 2.06. The summed E-state index contributed by atoms with van der Waals surface area (Å²) in [5.41, 5.74) is 0. The molecule has 1 rings (SSSR count). The zero-order chi connectivity index (χ0) is 16.9. The molecular formula is C18H32N4O. The van der Waals surface area contributed by atoms with Crippen LogP contribution >= 0.6 is 0 Å². The Morgan fingerprint density at radius 1 is 1.17 bits per heavy atom. The lowest BCUT2D eigenvalue weighted by molar-refractivity contribution is 0.237. The summed E-state index contributed by atoms with van der Waals surface area (Å²) in [4.78, 5) is 6.67. The number of ether oxygens (including phenoxy) is 1. The molecule has 0 aliphatic carbocycles. The van der Waals surface area contributed by atoms with Gasteiger partial charge in [-0.25, -0.2) is 0 Å². The third kappa shape index (κ3) is 8.45. The Morgan fingerprint density at radius 2 is 1.87 bits per heavy atom. The molecule has 1 aromatic rings. The second-order valence-corrected chi connectivity index (χ2v) is 5.66. The smallest absolute Gasteiger partial charge is 0.191 e. The lowest BCUT2D eigenvalue weighted by atomic mass is 10.3. The molecule has 0 fully saturated rings. The normalized spacial score (nSPS) is 11.8. The van der Waals surface area contributed by atoms with Crippen molar-refractivity contribution in [2.45, 2.75) is 33.2 Å². The van der Waals surface area contributed by atoms with E-state index < -0.39 is 0 Å². The molecule has 0 unspecified atom stereocenters. The Balaban J connectivity index is 2.12. The van der Waals surface area contributed by atoms with E-state index in [0.29, 0.717) is 12.6 Å². The number of guanidine groups is 1. The number of rotatable bonds is 10. The van der Waals surface area contributed by atoms with Gasteiger partial charge in [0.15, 0.2) is 5.96 Å². The second kappa shape index (κ2) is 11.8. The fourth-order valence-electron chi connectivity index (χ4n) is 2.31. The minimum absolute atomic E-state index is 0.576. The zero-order valence-electron chi connectivity index (χ0n) is 15.0. The van der Waals surface area contributed by atoms with E-state index in [1.807, 2.05) is 30.3 Å². The standard InChI is InChI=1S/C18H32N4O/c1-5-22(16(2)3)14-13-21-18(19-4)20-12-9-15-23-17-10-7-6-8-11-17/h6-8,10-11,16H,5,9,12-15H2,1-4H3,(H2,19,20,21). The highest BCUT2D eigenvalue weighted by molar-refractivity contribution is 5.79. The number of nitrogens with one attached hydrogen (secondary N) is 2. The van der Waals surface area contributed by atoms with Crippen LogP contribution in [0, 0.1) is 0 Å². The second-order valence-electron chi connectivity index (χ2n) is 5.66. The van der Waals surface area contributed by atoms with Gasteiger partial charge in [-0.1, -0.05) is 25.1 Å². The SMILES string of the molecule is CCN(CCNC(=NC)NCCCOc1ccccc1)C(C)C. The van der Waals surface area contributed by atoms with Crippen LogP contribution in [0.5, 0.6) is 5.75 Å². The van der Waals surface area contributed by atoms with Gasteiger partial charge in [0.2, 0.25) is 0 Å². The number of aliphatic imine (C=N–C) groups is 1. The van der Waals surface area contributed by atoms with Gasteiger partial charge in [0.05, 0.1) is 6.61 Å². The Morgan fingerprint density at radius 3 is 2.48 bits per heavy atom. The van der Waals surface area contributed by atoms with Gasteiger partial charge in [0.1, 0.15) is 5.75 Å². The van der Waals surface area contributed by atoms with E-state index >= 15 is 0 Å². The van der Waals surface area contributed by atoms with Gasteiger partial charge in [-0.3, -0.25) is 9.89 Å². The molecule has 2 N–H and O–H groups in total. The number of benzene rings is 1. The van der Waals surface area contributed by atoms with E-state index in [9.17, 15) is 0 Å². The van der Waals surface area contributed by atoms with Crippen LogP contribution in [0.15, 0.2) is 35.3 Å². The highest BCUT2D eigenvalue weighted by atomic mass is 16.5. The van der Waals surface area contributed by atoms with Crippen molar-refractivity contribution in [1.82, 2.24) is 15.5 Å². The van der Waals surface area contributed by atoms with Gasteiger partial charge in [-0.05, 0) is 38.9 Å². The van der Waals surface area contributed by atoms with Gasteiger partial charge in [-0.2, -0.15) is 0 Å². The van der Waals surface area contributed by atoms with Crippen LogP contribution < -0.4 is 15.4 Å². The van der Waals surface area contributed by atoms with Crippen molar-refractivity contribution in [1.29, 1.82) is 0 Å². The first-order chi connectivity index (χ1) is 11.2. The molecule has 0 heterocycles. The molecule has 5 heteroatoms. The Hall–Kier alpha value is -1.75. The highest BCUT2D eigenvalue weighted by Crippen LogP contribution is 2.07. The van der Waals surface area contributed by atoms with Crippen LogP contribution in [-0.2, 0) is 0 Å². The van der Waals surface area contributed by atoms with Gasteiger partial charge < -0.3 is 15.4 Å². The lowest BCUT2D eigenvalue weighted by Crippen LogP contribution is -2.43. The lowest BCUT2D eigenvalue weighted by Gasteiger charge is -2.25. The molecular weight excluding hydrogens is 288 g/mol. The number of para-hydroxylation sites is 1. The summed E-state index contributed by atoms with van der Waals surface area (Å²) >= 11 is 0. The molecule has 23 heavy (non-hydrogen) atoms. The number of hydrogen-bond donors (Lipinski definition) is 2. The molecule has 1 aromatic carbocycles. The molecule has 0 saturated carbocycles. The van der Waals surface area contributed by atoms with Crippen LogP contribution in [-0.4, -0.2) is 56.7 Å². The van der Waals surface area contributed by atoms with Crippen LogP contribution in [0.25, 0.3) is 0 Å². The Labute approximate surface area is 141 Å². The van der Waals surface area contributed by atoms with Crippen molar-refractivity contribution >= 4 is 5.96 Å². The minimum atomic E-state index is 0.576. The average molecular weight is 320 g/mol. The van der Waals surface area contributed by atoms with Crippen molar-refractivity contribution in [3.63, 3.8) is 0 Å². The van der Waals surface area contributed by atoms with Crippen molar-refractivity contribution in [3.8, 4) is 5.75 Å². The topological polar surface area (TPSA) is 48.9 Å². The summed E-state index contributed by atoms with van der Waals surface area (Å²) in [6.07, 6.45) is 0.933. The van der Waals surface area contributed by atoms with E-state index in [1.54, 1.807) is 7.05 Å². The summed E-state index contributed by atoms with van der Waals surface area (Å²) in [5.74, 6) is 1.77. The quantitative estimate of drug-likeness (QED) is 0.395. The zero-order valence-corrected chi connectivity index (χ0v) is 15.0. The maximum absolute atomic E-state index is 5.67. The average Bonchev–Trinajstić information content (AvgIpc) is 2.57. The van der Waals surface area contributed by atoms with Crippen LogP contribution in [0.4, 0.5) is 0 Å². The fourth-order valence-corrected chi connectivity index (χ4v) is 2.31. The molecule has 0 amide bonds. The van der Waals surface area contributed by atoms with Gasteiger partial charge >= 0.3 is 0 Å². The summed E-state index contributed by atoms with van der Waals surface area (Å²) in [5, 5.41) is 6.67. The minimum Gasteiger partial charge on any atom is -0.494 e. The first kappa shape index (κ1) is 19.3. The molecule has 0 radical (unpaired) electrons. The fraction of sp³-hybridized carbons (Fsp3) is 0.611. The molecule has 0 aliphatic heterocycles. The van der Waals surface area contributed by atoms with E-state index in [-0.39, 0.29) is 0 Å². The van der Waals surface area contributed by atoms with Crippen LogP contribution in [0.3, 0.4) is 0 Å². The molecule has 0 aromatic heterocycles. The van der Waals surface area contributed by atoms with Crippen LogP contribution in [0.2, 0.25) is 0 Å². The summed E-state index contributed by atoms with van der Waals surface area (Å²) in [6, 6.07) is 10.5. The first-order valence-electron chi connectivity index (χ1n) is 8.53. The number of likely N-dealkylation sites (N-methyl/N-ethyl adjacent to an activating group) is 1. The predicted octanol–water partition coefficient (Wildman–Crippen LogP) is 2.35. The van der Waals surface area contributed by atoms with Crippen molar-refractivity contribution in [2.24, 2.45) is 4.99 Å². The maximum Gasteiger partial charge on any atom is 0.191 e. The molecule has 130 valence electrons. The van der Waals surface area contributed by atoms with Crippen molar-refractivity contribution < 1.29 is 4.74 Å². The third-order valence-corrected chi connectivity index (χ3v) is 3.68. The van der Waals surface area contributed by atoms with E-state index in [2.05, 4.69) is 41.3 Å². The van der Waals surface area contributed by atoms with Crippen LogP contribution in [0.1, 0.15) is 27.2 Å². The molecule has 0 atom stereocenters. The molecule has 0 bridgehead atoms. The predicted molar refractivity (Wildman–Crippen MR) is 98.3 cm³/mol. The third-order valence-electron chi connectivity index (χ3n) is 3.68. The Bertz CT molecular complexity index is 434. The van der Waals surface area contributed by atoms with E-state index in [1.165, 1.54) is 0 Å². The Kier molecular flexibility index (Phi) is 9.87. The van der Waals surface area contributed by atoms with E-state index in [0.717, 1.165) is 44.3 Å². The van der Waals surface area contributed by atoms with Gasteiger partial charge in [0.25, 0.3) is 0 Å². The first-order valence-corrected chi connectivity index (χ1v) is 8.53. The monoisotopic (exact) mass is 320 g/mol. The summed E-state index contributed by atoms with van der Waals surface area (Å²) < 4.78 is 5.67. The van der Waals surface area contributed by atoms with Gasteiger partial charge in [-0.15, -0.1) is 0 Å². The number of hydrogen-bond acceptors (Lipinski definition) is 3. The number of nitrogens with zero attached hydrogens (tertiary/aromatic N) is 2. The van der Waals surface area contributed by atoms with E-state index in [4.69, 9.17) is 4.74 Å². The summed E-state index contributed by atoms with van der Waals surface area (Å²) in [7, 11) is 1.80. The maximum atomic E-state index is 5.67. The molecule has 0 saturated heterocycles. The molecule has 0 aliphatic rings. The molecule has 5 nitrogen and oxygen atoms in total. The van der Waals surface area contributed by atoms with Crippen molar-refractivity contribution in [2.75, 3.05) is 39.8 Å². The van der Waals surface area contributed by atoms with Gasteiger partial charge in [0, 0.05) is 32.7 Å². The molecule has 0 spiro atoms. The largest absolute Gasteiger partial charge is 0.494 e.